The Hall–Kier alpha value is -2.24. The Morgan fingerprint density at radius 1 is 0.969 bits per heavy atom. The van der Waals surface area contributed by atoms with E-state index in [1.807, 2.05) is 41.3 Å². The van der Waals surface area contributed by atoms with Crippen molar-refractivity contribution in [3.8, 4) is 5.75 Å². The first-order valence-electron chi connectivity index (χ1n) is 11.8. The maximum Gasteiger partial charge on any atom is 0.321 e. The molecule has 3 atom stereocenters. The summed E-state index contributed by atoms with van der Waals surface area (Å²) in [6, 6.07) is 15.9. The maximum absolute atomic E-state index is 12.7. The standard InChI is InChI=1S/C26H32ClN3O2/c1-29-16-20-4-11-25(24(20)17-29)32-23-9-7-22(8-10-23)28-26(31)30-14-12-19(13-15-30)18-2-5-21(27)6-3-18/h2-3,5-10,19-20,24-25H,4,11-17H2,1H3,(H,28,31)/t20-,24+,25-/m0/s1. The molecule has 2 aromatic carbocycles. The fourth-order valence-corrected chi connectivity index (χ4v) is 5.86. The summed E-state index contributed by atoms with van der Waals surface area (Å²) in [5.41, 5.74) is 2.12. The van der Waals surface area contributed by atoms with Crippen LogP contribution in [0.4, 0.5) is 10.5 Å². The molecule has 32 heavy (non-hydrogen) atoms. The topological polar surface area (TPSA) is 44.8 Å². The van der Waals surface area contributed by atoms with Crippen LogP contribution in [-0.4, -0.2) is 55.2 Å². The summed E-state index contributed by atoms with van der Waals surface area (Å²) in [4.78, 5) is 17.1. The van der Waals surface area contributed by atoms with Crippen molar-refractivity contribution in [1.82, 2.24) is 9.80 Å². The molecule has 3 aliphatic rings. The Morgan fingerprint density at radius 2 is 1.69 bits per heavy atom. The Labute approximate surface area is 195 Å². The highest BCUT2D eigenvalue weighted by Gasteiger charge is 2.42. The molecule has 1 saturated carbocycles. The minimum absolute atomic E-state index is 0.0270. The van der Waals surface area contributed by atoms with Crippen LogP contribution in [-0.2, 0) is 0 Å². The lowest BCUT2D eigenvalue weighted by Gasteiger charge is -2.32. The monoisotopic (exact) mass is 453 g/mol. The molecule has 5 rings (SSSR count). The summed E-state index contributed by atoms with van der Waals surface area (Å²) >= 11 is 6.00. The maximum atomic E-state index is 12.7. The van der Waals surface area contributed by atoms with E-state index < -0.39 is 0 Å². The quantitative estimate of drug-likeness (QED) is 0.667. The number of piperidine rings is 1. The van der Waals surface area contributed by atoms with Crippen molar-refractivity contribution in [2.24, 2.45) is 11.8 Å². The number of benzene rings is 2. The molecule has 5 nitrogen and oxygen atoms in total. The second-order valence-electron chi connectivity index (χ2n) is 9.65. The number of carbonyl (C=O) groups is 1. The third kappa shape index (κ3) is 4.74. The van der Waals surface area contributed by atoms with Crippen molar-refractivity contribution in [2.75, 3.05) is 38.5 Å². The normalized spacial score (nSPS) is 26.2. The molecule has 6 heteroatoms. The molecule has 3 fully saturated rings. The second-order valence-corrected chi connectivity index (χ2v) is 10.1. The average Bonchev–Trinajstić information content (AvgIpc) is 3.35. The Morgan fingerprint density at radius 3 is 2.41 bits per heavy atom. The number of nitrogens with one attached hydrogen (secondary N) is 1. The number of amides is 2. The van der Waals surface area contributed by atoms with Crippen LogP contribution in [0.15, 0.2) is 48.5 Å². The lowest BCUT2D eigenvalue weighted by Crippen LogP contribution is -2.40. The van der Waals surface area contributed by atoms with Gasteiger partial charge in [0.05, 0.1) is 0 Å². The molecule has 2 amide bonds. The van der Waals surface area contributed by atoms with Crippen molar-refractivity contribution in [3.63, 3.8) is 0 Å². The largest absolute Gasteiger partial charge is 0.490 e. The van der Waals surface area contributed by atoms with Crippen molar-refractivity contribution < 1.29 is 9.53 Å². The fourth-order valence-electron chi connectivity index (χ4n) is 5.73. The lowest BCUT2D eigenvalue weighted by molar-refractivity contribution is 0.151. The average molecular weight is 454 g/mol. The zero-order valence-corrected chi connectivity index (χ0v) is 19.4. The van der Waals surface area contributed by atoms with E-state index in [-0.39, 0.29) is 6.03 Å². The first kappa shape index (κ1) is 21.6. The van der Waals surface area contributed by atoms with Gasteiger partial charge in [0.15, 0.2) is 0 Å². The van der Waals surface area contributed by atoms with Gasteiger partial charge in [0.2, 0.25) is 0 Å². The number of nitrogens with zero attached hydrogens (tertiary/aromatic N) is 2. The highest BCUT2D eigenvalue weighted by molar-refractivity contribution is 6.30. The molecule has 2 heterocycles. The number of ether oxygens (including phenoxy) is 1. The van der Waals surface area contributed by atoms with Gasteiger partial charge in [-0.25, -0.2) is 4.79 Å². The zero-order chi connectivity index (χ0) is 22.1. The molecule has 2 saturated heterocycles. The molecular weight excluding hydrogens is 422 g/mol. The summed E-state index contributed by atoms with van der Waals surface area (Å²) < 4.78 is 6.32. The first-order valence-corrected chi connectivity index (χ1v) is 12.2. The second kappa shape index (κ2) is 9.32. The lowest BCUT2D eigenvalue weighted by atomic mass is 9.89. The van der Waals surface area contributed by atoms with Gasteiger partial charge in [-0.3, -0.25) is 0 Å². The summed E-state index contributed by atoms with van der Waals surface area (Å²) in [6.07, 6.45) is 4.67. The van der Waals surface area contributed by atoms with Crippen molar-refractivity contribution in [3.05, 3.63) is 59.1 Å². The van der Waals surface area contributed by atoms with E-state index in [0.717, 1.165) is 61.3 Å². The van der Waals surface area contributed by atoms with Crippen LogP contribution in [0.25, 0.3) is 0 Å². The highest BCUT2D eigenvalue weighted by atomic mass is 35.5. The van der Waals surface area contributed by atoms with Crippen LogP contribution < -0.4 is 10.1 Å². The van der Waals surface area contributed by atoms with Gasteiger partial charge in [-0.15, -0.1) is 0 Å². The van der Waals surface area contributed by atoms with Crippen molar-refractivity contribution >= 4 is 23.3 Å². The van der Waals surface area contributed by atoms with E-state index in [1.165, 1.54) is 18.5 Å². The molecule has 0 radical (unpaired) electrons. The van der Waals surface area contributed by atoms with Gasteiger partial charge < -0.3 is 19.9 Å². The minimum atomic E-state index is -0.0270. The van der Waals surface area contributed by atoms with Crippen LogP contribution >= 0.6 is 11.6 Å². The molecule has 0 bridgehead atoms. The number of hydrogen-bond acceptors (Lipinski definition) is 3. The van der Waals surface area contributed by atoms with E-state index in [4.69, 9.17) is 16.3 Å². The number of hydrogen-bond donors (Lipinski definition) is 1. The van der Waals surface area contributed by atoms with Crippen LogP contribution in [0.1, 0.15) is 37.2 Å². The van der Waals surface area contributed by atoms with E-state index in [2.05, 4.69) is 29.4 Å². The predicted molar refractivity (Wildman–Crippen MR) is 129 cm³/mol. The van der Waals surface area contributed by atoms with E-state index in [9.17, 15) is 4.79 Å². The molecule has 2 aliphatic heterocycles. The third-order valence-electron chi connectivity index (χ3n) is 7.49. The summed E-state index contributed by atoms with van der Waals surface area (Å²) in [5, 5.41) is 3.81. The molecular formula is C26H32ClN3O2. The summed E-state index contributed by atoms with van der Waals surface area (Å²) in [6.45, 7) is 3.86. The number of urea groups is 1. The molecule has 2 aromatic rings. The minimum Gasteiger partial charge on any atom is -0.490 e. The number of anilines is 1. The van der Waals surface area contributed by atoms with Crippen LogP contribution in [0, 0.1) is 11.8 Å². The van der Waals surface area contributed by atoms with Gasteiger partial charge in [0, 0.05) is 42.8 Å². The number of likely N-dealkylation sites (tertiary alicyclic amines) is 2. The van der Waals surface area contributed by atoms with Gasteiger partial charge in [-0.05, 0) is 86.5 Å². The zero-order valence-electron chi connectivity index (χ0n) is 18.7. The van der Waals surface area contributed by atoms with Gasteiger partial charge in [-0.1, -0.05) is 23.7 Å². The molecule has 1 aliphatic carbocycles. The molecule has 1 N–H and O–H groups in total. The van der Waals surface area contributed by atoms with Gasteiger partial charge >= 0.3 is 6.03 Å². The van der Waals surface area contributed by atoms with Crippen LogP contribution in [0.2, 0.25) is 5.02 Å². The Balaban J connectivity index is 1.11. The highest BCUT2D eigenvalue weighted by Crippen LogP contribution is 2.39. The molecule has 0 aromatic heterocycles. The van der Waals surface area contributed by atoms with Crippen LogP contribution in [0.3, 0.4) is 0 Å². The Kier molecular flexibility index (Phi) is 6.29. The Bertz CT molecular complexity index is 925. The van der Waals surface area contributed by atoms with Crippen molar-refractivity contribution in [2.45, 2.75) is 37.7 Å². The SMILES string of the molecule is CN1C[C@@H]2CC[C@H](Oc3ccc(NC(=O)N4CCC(c5ccc(Cl)cc5)CC4)cc3)[C@@H]2C1. The fraction of sp³-hybridized carbons (Fsp3) is 0.500. The van der Waals surface area contributed by atoms with Crippen molar-refractivity contribution in [1.29, 1.82) is 0 Å². The summed E-state index contributed by atoms with van der Waals surface area (Å²) in [5.74, 6) is 2.82. The van der Waals surface area contributed by atoms with E-state index >= 15 is 0 Å². The van der Waals surface area contributed by atoms with Gasteiger partial charge in [0.25, 0.3) is 0 Å². The van der Waals surface area contributed by atoms with E-state index in [0.29, 0.717) is 17.9 Å². The third-order valence-corrected chi connectivity index (χ3v) is 7.74. The number of fused-ring (bicyclic) bond motifs is 1. The van der Waals surface area contributed by atoms with Crippen LogP contribution in [0.5, 0.6) is 5.75 Å². The number of rotatable bonds is 4. The van der Waals surface area contributed by atoms with Gasteiger partial charge in [-0.2, -0.15) is 0 Å². The molecule has 0 spiro atoms. The predicted octanol–water partition coefficient (Wildman–Crippen LogP) is 5.47. The van der Waals surface area contributed by atoms with E-state index in [1.54, 1.807) is 0 Å². The summed E-state index contributed by atoms with van der Waals surface area (Å²) in [7, 11) is 2.20. The molecule has 170 valence electrons. The smallest absolute Gasteiger partial charge is 0.321 e. The number of carbonyl (C=O) groups excluding carboxylic acids is 1. The first-order chi connectivity index (χ1) is 15.5. The van der Waals surface area contributed by atoms with Gasteiger partial charge in [0.1, 0.15) is 11.9 Å². The number of halogens is 1. The molecule has 0 unspecified atom stereocenters.